The Balaban J connectivity index is 1.83. The molecule has 1 N–H and O–H groups in total. The molecule has 1 aliphatic heterocycles. The maximum absolute atomic E-state index is 11.7. The maximum Gasteiger partial charge on any atom is 0.264 e. The molecule has 4 heteroatoms. The largest absolute Gasteiger partial charge is 0.482 e. The van der Waals surface area contributed by atoms with Gasteiger partial charge < -0.3 is 15.0 Å². The summed E-state index contributed by atoms with van der Waals surface area (Å²) in [7, 11) is 3.82. The van der Waals surface area contributed by atoms with E-state index in [-0.39, 0.29) is 12.5 Å². The van der Waals surface area contributed by atoms with Crippen molar-refractivity contribution in [3.8, 4) is 5.75 Å². The van der Waals surface area contributed by atoms with Crippen molar-refractivity contribution in [1.82, 2.24) is 5.32 Å². The van der Waals surface area contributed by atoms with Gasteiger partial charge in [-0.3, -0.25) is 4.79 Å². The van der Waals surface area contributed by atoms with Gasteiger partial charge in [-0.05, 0) is 49.4 Å². The van der Waals surface area contributed by atoms with E-state index in [1.807, 2.05) is 20.2 Å². The van der Waals surface area contributed by atoms with Crippen molar-refractivity contribution < 1.29 is 9.53 Å². The third-order valence-electron chi connectivity index (χ3n) is 4.20. The maximum atomic E-state index is 11.7. The van der Waals surface area contributed by atoms with Crippen LogP contribution in [-0.4, -0.2) is 33.2 Å². The average molecular weight is 260 g/mol. The first-order valence-corrected chi connectivity index (χ1v) is 6.80. The van der Waals surface area contributed by atoms with E-state index >= 15 is 0 Å². The summed E-state index contributed by atoms with van der Waals surface area (Å²) >= 11 is 0. The van der Waals surface area contributed by atoms with Crippen molar-refractivity contribution in [2.45, 2.75) is 19.3 Å². The number of ether oxygens (including phenoxy) is 1. The highest BCUT2D eigenvalue weighted by molar-refractivity contribution is 5.97. The van der Waals surface area contributed by atoms with Gasteiger partial charge in [0.15, 0.2) is 6.61 Å². The molecule has 2 aliphatic rings. The van der Waals surface area contributed by atoms with Crippen LogP contribution >= 0.6 is 0 Å². The Morgan fingerprint density at radius 2 is 2.21 bits per heavy atom. The molecule has 0 bridgehead atoms. The van der Waals surface area contributed by atoms with Crippen LogP contribution in [0.3, 0.4) is 0 Å². The Bertz CT molecular complexity index is 509. The molecule has 1 saturated carbocycles. The molecular weight excluding hydrogens is 240 g/mol. The number of fused-ring (bicyclic) bond motifs is 1. The van der Waals surface area contributed by atoms with E-state index in [1.165, 1.54) is 18.4 Å². The lowest BCUT2D eigenvalue weighted by molar-refractivity contribution is -0.120. The minimum absolute atomic E-state index is 0.0148. The summed E-state index contributed by atoms with van der Waals surface area (Å²) in [6.07, 6.45) is 3.65. The Hall–Kier alpha value is -1.55. The second-order valence-corrected chi connectivity index (χ2v) is 5.75. The monoisotopic (exact) mass is 260 g/mol. The van der Waals surface area contributed by atoms with Gasteiger partial charge in [-0.25, -0.2) is 0 Å². The molecule has 19 heavy (non-hydrogen) atoms. The van der Waals surface area contributed by atoms with E-state index in [0.29, 0.717) is 5.41 Å². The molecule has 3 rings (SSSR count). The number of likely N-dealkylation sites (N-methyl/N-ethyl adjacent to an activating group) is 1. The molecule has 0 unspecified atom stereocenters. The van der Waals surface area contributed by atoms with Crippen LogP contribution in [0.15, 0.2) is 18.2 Å². The molecule has 1 fully saturated rings. The summed E-state index contributed by atoms with van der Waals surface area (Å²) in [5.74, 6) is 0.824. The molecule has 1 aromatic rings. The first-order valence-electron chi connectivity index (χ1n) is 6.80. The fraction of sp³-hybridized carbons (Fsp3) is 0.533. The van der Waals surface area contributed by atoms with Crippen LogP contribution in [0.25, 0.3) is 0 Å². The van der Waals surface area contributed by atoms with E-state index in [0.717, 1.165) is 24.4 Å². The zero-order valence-electron chi connectivity index (χ0n) is 11.5. The third-order valence-corrected chi connectivity index (χ3v) is 4.20. The second-order valence-electron chi connectivity index (χ2n) is 5.75. The Morgan fingerprint density at radius 1 is 1.42 bits per heavy atom. The van der Waals surface area contributed by atoms with Gasteiger partial charge >= 0.3 is 0 Å². The summed E-state index contributed by atoms with van der Waals surface area (Å²) in [5, 5.41) is 3.28. The van der Waals surface area contributed by atoms with Crippen LogP contribution in [0.2, 0.25) is 0 Å². The quantitative estimate of drug-likeness (QED) is 0.893. The number of rotatable bonds is 4. The van der Waals surface area contributed by atoms with Crippen LogP contribution in [-0.2, 0) is 11.2 Å². The van der Waals surface area contributed by atoms with E-state index in [9.17, 15) is 4.79 Å². The molecule has 1 heterocycles. The number of hydrogen-bond donors (Lipinski definition) is 1. The van der Waals surface area contributed by atoms with Gasteiger partial charge in [0.1, 0.15) is 5.75 Å². The molecule has 0 saturated heterocycles. The lowest BCUT2D eigenvalue weighted by Gasteiger charge is -2.27. The van der Waals surface area contributed by atoms with Crippen molar-refractivity contribution in [3.63, 3.8) is 0 Å². The molecule has 0 radical (unpaired) electrons. The first kappa shape index (κ1) is 12.5. The zero-order chi connectivity index (χ0) is 13.5. The van der Waals surface area contributed by atoms with E-state index in [4.69, 9.17) is 4.74 Å². The van der Waals surface area contributed by atoms with Gasteiger partial charge in [0.05, 0.1) is 5.69 Å². The Morgan fingerprint density at radius 3 is 2.89 bits per heavy atom. The number of carbonyl (C=O) groups is 1. The Labute approximate surface area is 113 Å². The summed E-state index contributed by atoms with van der Waals surface area (Å²) in [4.78, 5) is 13.4. The number of nitrogens with one attached hydrogen (secondary N) is 1. The number of anilines is 1. The highest BCUT2D eigenvalue weighted by Crippen LogP contribution is 2.48. The standard InChI is InChI=1S/C15H20N2O2/c1-16-10-15(5-6-15)8-11-3-4-13-12(7-11)17(2)14(18)9-19-13/h3-4,7,16H,5-6,8-10H2,1-2H3. The third kappa shape index (κ3) is 2.32. The summed E-state index contributed by atoms with van der Waals surface area (Å²) in [6, 6.07) is 6.21. The highest BCUT2D eigenvalue weighted by Gasteiger charge is 2.41. The number of benzene rings is 1. The number of nitrogens with zero attached hydrogens (tertiary/aromatic N) is 1. The summed E-state index contributed by atoms with van der Waals surface area (Å²) < 4.78 is 5.45. The molecular formula is C15H20N2O2. The number of amides is 1. The van der Waals surface area contributed by atoms with Gasteiger partial charge in [-0.2, -0.15) is 0 Å². The normalized spacial score (nSPS) is 19.9. The molecule has 102 valence electrons. The SMILES string of the molecule is CNCC1(Cc2ccc3c(c2)N(C)C(=O)CO3)CC1. The summed E-state index contributed by atoms with van der Waals surface area (Å²) in [6.45, 7) is 1.21. The lowest BCUT2D eigenvalue weighted by Crippen LogP contribution is -2.35. The van der Waals surface area contributed by atoms with Crippen molar-refractivity contribution in [2.24, 2.45) is 5.41 Å². The topological polar surface area (TPSA) is 41.6 Å². The molecule has 1 aliphatic carbocycles. The Kier molecular flexibility index (Phi) is 2.97. The lowest BCUT2D eigenvalue weighted by atomic mass is 9.95. The fourth-order valence-electron chi connectivity index (χ4n) is 2.83. The van der Waals surface area contributed by atoms with Gasteiger partial charge in [-0.15, -0.1) is 0 Å². The molecule has 0 spiro atoms. The van der Waals surface area contributed by atoms with E-state index < -0.39 is 0 Å². The van der Waals surface area contributed by atoms with Crippen LogP contribution in [0.1, 0.15) is 18.4 Å². The van der Waals surface area contributed by atoms with Gasteiger partial charge in [-0.1, -0.05) is 6.07 Å². The van der Waals surface area contributed by atoms with Crippen molar-refractivity contribution in [3.05, 3.63) is 23.8 Å². The smallest absolute Gasteiger partial charge is 0.264 e. The number of hydrogen-bond acceptors (Lipinski definition) is 3. The van der Waals surface area contributed by atoms with E-state index in [2.05, 4.69) is 17.4 Å². The summed E-state index contributed by atoms with van der Waals surface area (Å²) in [5.41, 5.74) is 2.62. The highest BCUT2D eigenvalue weighted by atomic mass is 16.5. The van der Waals surface area contributed by atoms with Crippen LogP contribution in [0.4, 0.5) is 5.69 Å². The van der Waals surface area contributed by atoms with Crippen molar-refractivity contribution >= 4 is 11.6 Å². The van der Waals surface area contributed by atoms with Gasteiger partial charge in [0, 0.05) is 13.6 Å². The molecule has 1 amide bonds. The average Bonchev–Trinajstić information content (AvgIpc) is 3.15. The fourth-order valence-corrected chi connectivity index (χ4v) is 2.83. The van der Waals surface area contributed by atoms with Crippen molar-refractivity contribution in [1.29, 1.82) is 0 Å². The molecule has 0 aromatic heterocycles. The first-order chi connectivity index (χ1) is 9.13. The molecule has 0 atom stereocenters. The molecule has 4 nitrogen and oxygen atoms in total. The van der Waals surface area contributed by atoms with Gasteiger partial charge in [0.2, 0.25) is 0 Å². The minimum atomic E-state index is 0.0148. The van der Waals surface area contributed by atoms with Crippen LogP contribution < -0.4 is 15.0 Å². The van der Waals surface area contributed by atoms with Crippen LogP contribution in [0, 0.1) is 5.41 Å². The van der Waals surface area contributed by atoms with Gasteiger partial charge in [0.25, 0.3) is 5.91 Å². The zero-order valence-corrected chi connectivity index (χ0v) is 11.5. The van der Waals surface area contributed by atoms with Crippen molar-refractivity contribution in [2.75, 3.05) is 32.1 Å². The molecule has 1 aromatic carbocycles. The van der Waals surface area contributed by atoms with Crippen LogP contribution in [0.5, 0.6) is 5.75 Å². The predicted octanol–water partition coefficient (Wildman–Crippen LogP) is 1.58. The van der Waals surface area contributed by atoms with E-state index in [1.54, 1.807) is 4.90 Å². The minimum Gasteiger partial charge on any atom is -0.482 e. The predicted molar refractivity (Wildman–Crippen MR) is 74.6 cm³/mol. The number of carbonyl (C=O) groups excluding carboxylic acids is 1. The second kappa shape index (κ2) is 4.53.